The summed E-state index contributed by atoms with van der Waals surface area (Å²) in [6.45, 7) is 3.68. The third kappa shape index (κ3) is 4.05. The Bertz CT molecular complexity index is 590. The third-order valence-electron chi connectivity index (χ3n) is 3.87. The molecule has 0 bridgehead atoms. The van der Waals surface area contributed by atoms with E-state index >= 15 is 0 Å². The second kappa shape index (κ2) is 8.34. The molecule has 1 aliphatic rings. The molecule has 0 radical (unpaired) electrons. The molecule has 0 unspecified atom stereocenters. The largest absolute Gasteiger partial charge is 0.662 e. The van der Waals surface area contributed by atoms with Crippen molar-refractivity contribution in [2.75, 3.05) is 18.0 Å². The number of nitrogens with zero attached hydrogens (tertiary/aromatic N) is 2. The van der Waals surface area contributed by atoms with Crippen LogP contribution in [0.2, 0.25) is 0 Å². The molecule has 1 fully saturated rings. The summed E-state index contributed by atoms with van der Waals surface area (Å²) in [5, 5.41) is 4.38. The number of hydrogen-bond donors (Lipinski definition) is 0. The van der Waals surface area contributed by atoms with Crippen LogP contribution in [0.25, 0.3) is 5.32 Å². The molecule has 124 valence electrons. The van der Waals surface area contributed by atoms with E-state index in [1.807, 2.05) is 36.1 Å². The predicted molar refractivity (Wildman–Crippen MR) is 82.8 cm³/mol. The van der Waals surface area contributed by atoms with Gasteiger partial charge in [-0.2, -0.15) is 0 Å². The molecule has 0 spiro atoms. The van der Waals surface area contributed by atoms with Crippen LogP contribution >= 0.6 is 0 Å². The summed E-state index contributed by atoms with van der Waals surface area (Å²) in [6.07, 6.45) is 3.34. The molecular weight excluding hydrogens is 437 g/mol. The molecule has 1 aromatic heterocycles. The van der Waals surface area contributed by atoms with Gasteiger partial charge in [0.1, 0.15) is 0 Å². The summed E-state index contributed by atoms with van der Waals surface area (Å²) < 4.78 is 5.30. The van der Waals surface area contributed by atoms with Crippen molar-refractivity contribution >= 4 is 11.6 Å². The number of amides is 1. The van der Waals surface area contributed by atoms with Crippen molar-refractivity contribution in [3.05, 3.63) is 59.3 Å². The van der Waals surface area contributed by atoms with Gasteiger partial charge in [0.05, 0.1) is 6.26 Å². The van der Waals surface area contributed by atoms with Crippen molar-refractivity contribution in [2.45, 2.75) is 25.8 Å². The Morgan fingerprint density at radius 2 is 1.86 bits per heavy atom. The van der Waals surface area contributed by atoms with E-state index in [9.17, 15) is 4.79 Å². The van der Waals surface area contributed by atoms with Gasteiger partial charge in [-0.1, -0.05) is 30.5 Å². The second-order valence-electron chi connectivity index (χ2n) is 5.39. The first-order chi connectivity index (χ1) is 10.3. The molecule has 0 atom stereocenters. The topological polar surface area (TPSA) is 47.6 Å². The fourth-order valence-electron chi connectivity index (χ4n) is 2.71. The minimum Gasteiger partial charge on any atom is -0.662 e. The van der Waals surface area contributed by atoms with Gasteiger partial charge in [-0.3, -0.25) is 4.79 Å². The van der Waals surface area contributed by atoms with Crippen LogP contribution in [-0.2, 0) is 0 Å². The van der Waals surface area contributed by atoms with E-state index in [1.165, 1.54) is 11.8 Å². The van der Waals surface area contributed by atoms with Gasteiger partial charge >= 0.3 is 0 Å². The van der Waals surface area contributed by atoms with Crippen LogP contribution in [0.4, 0.5) is 5.69 Å². The molecule has 2 heterocycles. The molecule has 22 heavy (non-hydrogen) atoms. The van der Waals surface area contributed by atoms with E-state index in [0.717, 1.165) is 31.6 Å². The Balaban J connectivity index is 0.00000176. The standard InChI is InChI=1S/C17H19N2O2.Yb/c1-13-4-6-14(7-5-13)19(15-8-10-18-11-9-15)17(20)16-3-2-12-21-16;/h2-7,12,15H,8-11H2,1H3;/q-1;. The number of benzene rings is 1. The summed E-state index contributed by atoms with van der Waals surface area (Å²) in [5.74, 6) is 0.314. The van der Waals surface area contributed by atoms with Crippen molar-refractivity contribution in [3.8, 4) is 0 Å². The van der Waals surface area contributed by atoms with Crippen LogP contribution in [0.5, 0.6) is 0 Å². The quantitative estimate of drug-likeness (QED) is 0.706. The minimum absolute atomic E-state index is 0. The van der Waals surface area contributed by atoms with Crippen molar-refractivity contribution in [1.29, 1.82) is 0 Å². The van der Waals surface area contributed by atoms with E-state index < -0.39 is 0 Å². The van der Waals surface area contributed by atoms with Crippen LogP contribution in [0, 0.1) is 53.8 Å². The molecule has 3 rings (SSSR count). The Hall–Kier alpha value is -0.551. The van der Waals surface area contributed by atoms with E-state index in [-0.39, 0.29) is 58.9 Å². The van der Waals surface area contributed by atoms with Crippen LogP contribution in [0.3, 0.4) is 0 Å². The zero-order valence-corrected chi connectivity index (χ0v) is 14.1. The number of hydrogen-bond acceptors (Lipinski definition) is 2. The van der Waals surface area contributed by atoms with Gasteiger partial charge in [-0.15, -0.1) is 13.1 Å². The van der Waals surface area contributed by atoms with Crippen molar-refractivity contribution in [2.24, 2.45) is 0 Å². The molecule has 0 aliphatic carbocycles. The maximum absolute atomic E-state index is 12.8. The molecular formula is C17H19N2O2Yb-. The normalized spacial score (nSPS) is 15.1. The first-order valence-electron chi connectivity index (χ1n) is 7.33. The first kappa shape index (κ1) is 17.8. The van der Waals surface area contributed by atoms with Gasteiger partial charge in [0, 0.05) is 58.7 Å². The second-order valence-corrected chi connectivity index (χ2v) is 5.39. The smallest absolute Gasteiger partial charge is 0.294 e. The van der Waals surface area contributed by atoms with E-state index in [4.69, 9.17) is 4.42 Å². The molecule has 0 saturated carbocycles. The fraction of sp³-hybridized carbons (Fsp3) is 0.353. The summed E-state index contributed by atoms with van der Waals surface area (Å²) in [7, 11) is 0. The van der Waals surface area contributed by atoms with E-state index in [0.29, 0.717) is 5.76 Å². The van der Waals surface area contributed by atoms with Crippen molar-refractivity contribution < 1.29 is 56.1 Å². The molecule has 1 aromatic carbocycles. The molecule has 5 heteroatoms. The fourth-order valence-corrected chi connectivity index (χ4v) is 2.71. The van der Waals surface area contributed by atoms with Gasteiger partial charge in [0.15, 0.2) is 5.76 Å². The SMILES string of the molecule is Cc1ccc(N(C(=O)c2ccco2)C2CC[N-]CC2)cc1.[Yb]. The van der Waals surface area contributed by atoms with Gasteiger partial charge in [0.25, 0.3) is 5.91 Å². The first-order valence-corrected chi connectivity index (χ1v) is 7.33. The average Bonchev–Trinajstić information content (AvgIpc) is 3.05. The van der Waals surface area contributed by atoms with Gasteiger partial charge in [-0.25, -0.2) is 0 Å². The van der Waals surface area contributed by atoms with Crippen LogP contribution in [0.15, 0.2) is 47.1 Å². The Kier molecular flexibility index (Phi) is 6.75. The number of carbonyl (C=O) groups excluding carboxylic acids is 1. The molecule has 4 nitrogen and oxygen atoms in total. The van der Waals surface area contributed by atoms with Crippen molar-refractivity contribution in [1.82, 2.24) is 0 Å². The minimum atomic E-state index is -0.0734. The number of piperidine rings is 1. The number of furan rings is 1. The number of carbonyl (C=O) groups is 1. The predicted octanol–water partition coefficient (Wildman–Crippen LogP) is 3.77. The Morgan fingerprint density at radius 1 is 1.18 bits per heavy atom. The Labute approximate surface area is 169 Å². The third-order valence-corrected chi connectivity index (χ3v) is 3.87. The molecule has 1 saturated heterocycles. The van der Waals surface area contributed by atoms with Gasteiger partial charge in [0.2, 0.25) is 0 Å². The number of aryl methyl sites for hydroxylation is 1. The monoisotopic (exact) mass is 457 g/mol. The molecule has 1 aliphatic heterocycles. The van der Waals surface area contributed by atoms with Crippen LogP contribution in [0.1, 0.15) is 29.0 Å². The molecule has 1 amide bonds. The zero-order chi connectivity index (χ0) is 14.7. The summed E-state index contributed by atoms with van der Waals surface area (Å²) >= 11 is 0. The molecule has 2 aromatic rings. The molecule has 0 N–H and O–H groups in total. The number of anilines is 1. The van der Waals surface area contributed by atoms with Crippen LogP contribution in [-0.4, -0.2) is 25.0 Å². The van der Waals surface area contributed by atoms with E-state index in [1.54, 1.807) is 12.1 Å². The van der Waals surface area contributed by atoms with Gasteiger partial charge in [-0.05, 0) is 31.2 Å². The zero-order valence-electron chi connectivity index (χ0n) is 12.4. The average molecular weight is 456 g/mol. The maximum atomic E-state index is 12.8. The summed E-state index contributed by atoms with van der Waals surface area (Å²) in [5.41, 5.74) is 2.11. The van der Waals surface area contributed by atoms with Gasteiger partial charge < -0.3 is 14.6 Å². The van der Waals surface area contributed by atoms with E-state index in [2.05, 4.69) is 5.32 Å². The van der Waals surface area contributed by atoms with Crippen LogP contribution < -0.4 is 4.90 Å². The number of rotatable bonds is 3. The summed E-state index contributed by atoms with van der Waals surface area (Å²) in [6, 6.07) is 11.7. The van der Waals surface area contributed by atoms with Crippen molar-refractivity contribution in [3.63, 3.8) is 0 Å². The Morgan fingerprint density at radius 3 is 2.45 bits per heavy atom. The summed E-state index contributed by atoms with van der Waals surface area (Å²) in [4.78, 5) is 14.7. The maximum Gasteiger partial charge on any atom is 0.294 e.